The first-order valence-electron chi connectivity index (χ1n) is 7.74. The summed E-state index contributed by atoms with van der Waals surface area (Å²) in [5.74, 6) is 1.47. The molecule has 1 aromatic rings. The Bertz CT molecular complexity index is 480. The van der Waals surface area contributed by atoms with Crippen LogP contribution in [0.4, 0.5) is 0 Å². The standard InChI is InChI=1S/C14H26N4O2S/c1-4-6-15-12(11-5-7-20-8-11)9-21-14-17-16-13(19)18(14)10(2)3/h10-12,15H,4-9H2,1-3H3,(H,16,19). The maximum atomic E-state index is 11.8. The number of hydrogen-bond donors (Lipinski definition) is 2. The fourth-order valence-corrected chi connectivity index (χ4v) is 3.83. The van der Waals surface area contributed by atoms with E-state index < -0.39 is 0 Å². The maximum Gasteiger partial charge on any atom is 0.344 e. The second kappa shape index (κ2) is 8.00. The van der Waals surface area contributed by atoms with Crippen LogP contribution in [0.5, 0.6) is 0 Å². The molecule has 0 radical (unpaired) electrons. The van der Waals surface area contributed by atoms with Gasteiger partial charge in [-0.2, -0.15) is 0 Å². The van der Waals surface area contributed by atoms with E-state index in [0.29, 0.717) is 12.0 Å². The van der Waals surface area contributed by atoms with E-state index in [1.165, 1.54) is 0 Å². The van der Waals surface area contributed by atoms with Crippen LogP contribution in [0.1, 0.15) is 39.7 Å². The van der Waals surface area contributed by atoms with Gasteiger partial charge in [0.15, 0.2) is 5.16 Å². The molecule has 1 saturated heterocycles. The topological polar surface area (TPSA) is 71.9 Å². The second-order valence-electron chi connectivity index (χ2n) is 5.77. The molecule has 2 atom stereocenters. The van der Waals surface area contributed by atoms with Crippen molar-refractivity contribution in [2.24, 2.45) is 5.92 Å². The molecule has 2 heterocycles. The van der Waals surface area contributed by atoms with Gasteiger partial charge in [0, 0.05) is 30.4 Å². The number of aromatic nitrogens is 3. The van der Waals surface area contributed by atoms with E-state index in [9.17, 15) is 4.79 Å². The zero-order chi connectivity index (χ0) is 15.2. The number of H-pyrrole nitrogens is 1. The summed E-state index contributed by atoms with van der Waals surface area (Å²) in [6, 6.07) is 0.528. The quantitative estimate of drug-likeness (QED) is 0.714. The highest BCUT2D eigenvalue weighted by atomic mass is 32.2. The van der Waals surface area contributed by atoms with E-state index >= 15 is 0 Å². The Hall–Kier alpha value is -0.790. The summed E-state index contributed by atoms with van der Waals surface area (Å²) in [5.41, 5.74) is -0.130. The van der Waals surface area contributed by atoms with Gasteiger partial charge in [0.25, 0.3) is 0 Å². The summed E-state index contributed by atoms with van der Waals surface area (Å²) >= 11 is 1.64. The Kier molecular flexibility index (Phi) is 6.32. The van der Waals surface area contributed by atoms with E-state index in [4.69, 9.17) is 4.74 Å². The van der Waals surface area contributed by atoms with E-state index in [2.05, 4.69) is 22.4 Å². The predicted molar refractivity (Wildman–Crippen MR) is 85.0 cm³/mol. The number of nitrogens with zero attached hydrogens (tertiary/aromatic N) is 2. The molecule has 1 fully saturated rings. The van der Waals surface area contributed by atoms with Gasteiger partial charge in [-0.15, -0.1) is 5.10 Å². The van der Waals surface area contributed by atoms with Gasteiger partial charge in [-0.1, -0.05) is 18.7 Å². The number of hydrogen-bond acceptors (Lipinski definition) is 5. The second-order valence-corrected chi connectivity index (χ2v) is 6.76. The minimum atomic E-state index is -0.130. The molecular weight excluding hydrogens is 288 g/mol. The molecule has 0 saturated carbocycles. The Balaban J connectivity index is 1.99. The number of aromatic amines is 1. The van der Waals surface area contributed by atoms with Crippen LogP contribution in [0.3, 0.4) is 0 Å². The molecule has 1 aliphatic heterocycles. The molecule has 0 bridgehead atoms. The molecule has 0 spiro atoms. The molecule has 1 aliphatic rings. The van der Waals surface area contributed by atoms with Gasteiger partial charge in [-0.05, 0) is 33.2 Å². The van der Waals surface area contributed by atoms with E-state index in [1.54, 1.807) is 16.3 Å². The fraction of sp³-hybridized carbons (Fsp3) is 0.857. The smallest absolute Gasteiger partial charge is 0.344 e. The zero-order valence-electron chi connectivity index (χ0n) is 13.1. The molecule has 120 valence electrons. The van der Waals surface area contributed by atoms with Crippen molar-refractivity contribution in [3.63, 3.8) is 0 Å². The van der Waals surface area contributed by atoms with Crippen molar-refractivity contribution in [2.45, 2.75) is 50.9 Å². The SMILES string of the molecule is CCCNC(CSc1n[nH]c(=O)n1C(C)C)C1CCOC1. The fourth-order valence-electron chi connectivity index (χ4n) is 2.57. The van der Waals surface area contributed by atoms with Crippen molar-refractivity contribution in [1.82, 2.24) is 20.1 Å². The monoisotopic (exact) mass is 314 g/mol. The first-order valence-corrected chi connectivity index (χ1v) is 8.72. The van der Waals surface area contributed by atoms with E-state index in [0.717, 1.165) is 43.5 Å². The molecule has 2 N–H and O–H groups in total. The summed E-state index contributed by atoms with van der Waals surface area (Å²) in [4.78, 5) is 11.8. The molecule has 0 aliphatic carbocycles. The molecule has 6 nitrogen and oxygen atoms in total. The number of nitrogens with one attached hydrogen (secondary N) is 2. The third-order valence-corrected chi connectivity index (χ3v) is 4.84. The van der Waals surface area contributed by atoms with Crippen LogP contribution < -0.4 is 11.0 Å². The summed E-state index contributed by atoms with van der Waals surface area (Å²) in [6.07, 6.45) is 2.23. The summed E-state index contributed by atoms with van der Waals surface area (Å²) in [7, 11) is 0. The number of ether oxygens (including phenoxy) is 1. The molecule has 1 aromatic heterocycles. The number of rotatable bonds is 8. The largest absolute Gasteiger partial charge is 0.381 e. The average Bonchev–Trinajstić information content (AvgIpc) is 3.08. The van der Waals surface area contributed by atoms with Crippen molar-refractivity contribution in [1.29, 1.82) is 0 Å². The van der Waals surface area contributed by atoms with Crippen molar-refractivity contribution in [3.8, 4) is 0 Å². The average molecular weight is 314 g/mol. The lowest BCUT2D eigenvalue weighted by molar-refractivity contribution is 0.179. The van der Waals surface area contributed by atoms with Crippen LogP contribution in [-0.4, -0.2) is 46.3 Å². The Morgan fingerprint density at radius 1 is 1.57 bits per heavy atom. The number of thioether (sulfide) groups is 1. The third-order valence-electron chi connectivity index (χ3n) is 3.77. The summed E-state index contributed by atoms with van der Waals surface area (Å²) in [6.45, 7) is 8.88. The van der Waals surface area contributed by atoms with Crippen LogP contribution in [0.15, 0.2) is 9.95 Å². The van der Waals surface area contributed by atoms with Crippen molar-refractivity contribution >= 4 is 11.8 Å². The minimum absolute atomic E-state index is 0.121. The lowest BCUT2D eigenvalue weighted by atomic mass is 10.0. The zero-order valence-corrected chi connectivity index (χ0v) is 13.9. The molecule has 0 aromatic carbocycles. The molecule has 0 amide bonds. The molecule has 2 rings (SSSR count). The van der Waals surface area contributed by atoms with Crippen LogP contribution in [0.25, 0.3) is 0 Å². The highest BCUT2D eigenvalue weighted by Crippen LogP contribution is 2.24. The lowest BCUT2D eigenvalue weighted by Crippen LogP contribution is -2.39. The van der Waals surface area contributed by atoms with E-state index in [-0.39, 0.29) is 11.7 Å². The van der Waals surface area contributed by atoms with Gasteiger partial charge in [-0.3, -0.25) is 4.57 Å². The minimum Gasteiger partial charge on any atom is -0.381 e. The first-order chi connectivity index (χ1) is 10.1. The first kappa shape index (κ1) is 16.6. The van der Waals surface area contributed by atoms with Gasteiger partial charge in [0.2, 0.25) is 0 Å². The van der Waals surface area contributed by atoms with Crippen LogP contribution in [0, 0.1) is 5.92 Å². The van der Waals surface area contributed by atoms with Crippen molar-refractivity contribution in [3.05, 3.63) is 10.5 Å². The highest BCUT2D eigenvalue weighted by molar-refractivity contribution is 7.99. The van der Waals surface area contributed by atoms with Gasteiger partial charge in [-0.25, -0.2) is 9.89 Å². The molecular formula is C14H26N4O2S. The Morgan fingerprint density at radius 3 is 3.00 bits per heavy atom. The van der Waals surface area contributed by atoms with Crippen LogP contribution in [-0.2, 0) is 4.74 Å². The van der Waals surface area contributed by atoms with Crippen LogP contribution in [0.2, 0.25) is 0 Å². The third kappa shape index (κ3) is 4.34. The van der Waals surface area contributed by atoms with Crippen molar-refractivity contribution in [2.75, 3.05) is 25.5 Å². The van der Waals surface area contributed by atoms with Gasteiger partial charge in [0.05, 0.1) is 6.61 Å². The van der Waals surface area contributed by atoms with E-state index in [1.807, 2.05) is 13.8 Å². The molecule has 7 heteroatoms. The summed E-state index contributed by atoms with van der Waals surface area (Å²) in [5, 5.41) is 11.1. The Morgan fingerprint density at radius 2 is 2.38 bits per heavy atom. The maximum absolute atomic E-state index is 11.8. The normalized spacial score (nSPS) is 20.3. The molecule has 21 heavy (non-hydrogen) atoms. The van der Waals surface area contributed by atoms with Gasteiger partial charge >= 0.3 is 5.69 Å². The predicted octanol–water partition coefficient (Wildman–Crippen LogP) is 1.65. The van der Waals surface area contributed by atoms with Gasteiger partial charge < -0.3 is 10.1 Å². The summed E-state index contributed by atoms with van der Waals surface area (Å²) < 4.78 is 7.22. The van der Waals surface area contributed by atoms with Gasteiger partial charge in [0.1, 0.15) is 0 Å². The highest BCUT2D eigenvalue weighted by Gasteiger charge is 2.26. The van der Waals surface area contributed by atoms with Crippen LogP contribution >= 0.6 is 11.8 Å². The molecule has 2 unspecified atom stereocenters. The van der Waals surface area contributed by atoms with Crippen molar-refractivity contribution < 1.29 is 4.74 Å². The Labute approximate surface area is 130 Å². The lowest BCUT2D eigenvalue weighted by Gasteiger charge is -2.23.